The normalized spacial score (nSPS) is 19.2. The molecule has 0 aliphatic carbocycles. The van der Waals surface area contributed by atoms with E-state index in [1.165, 1.54) is 11.9 Å². The van der Waals surface area contributed by atoms with Gasteiger partial charge in [0.25, 0.3) is 10.0 Å². The maximum Gasteiger partial charge on any atom is 0.262 e. The van der Waals surface area contributed by atoms with Crippen LogP contribution >= 0.6 is 0 Å². The standard InChI is InChI=1S/C20H23N5O2S/c1-23-14-18(22-15-23)28(26,27)24-10-7-20(8-11-24)9-12-25-17(13-21-19(20)25)16-5-3-2-4-6-16/h2-6,13-15H,7-12H2,1H3. The van der Waals surface area contributed by atoms with Gasteiger partial charge in [0.1, 0.15) is 5.82 Å². The number of imidazole rings is 2. The van der Waals surface area contributed by atoms with Crippen LogP contribution in [0, 0.1) is 0 Å². The summed E-state index contributed by atoms with van der Waals surface area (Å²) >= 11 is 0. The first-order valence-corrected chi connectivity index (χ1v) is 11.0. The molecule has 146 valence electrons. The Bertz CT molecular complexity index is 1110. The fourth-order valence-corrected chi connectivity index (χ4v) is 5.99. The van der Waals surface area contributed by atoms with Crippen LogP contribution < -0.4 is 0 Å². The lowest BCUT2D eigenvalue weighted by atomic mass is 9.77. The third kappa shape index (κ3) is 2.62. The molecule has 1 spiro atoms. The van der Waals surface area contributed by atoms with Gasteiger partial charge in [0.05, 0.1) is 18.2 Å². The summed E-state index contributed by atoms with van der Waals surface area (Å²) < 4.78 is 31.3. The molecule has 5 rings (SSSR count). The molecule has 0 N–H and O–H groups in total. The highest BCUT2D eigenvalue weighted by Gasteiger charge is 2.46. The Kier molecular flexibility index (Phi) is 3.96. The predicted octanol–water partition coefficient (Wildman–Crippen LogP) is 2.41. The molecule has 0 bridgehead atoms. The molecule has 1 fully saturated rings. The van der Waals surface area contributed by atoms with Crippen LogP contribution in [0.3, 0.4) is 0 Å². The Balaban J connectivity index is 1.39. The number of aromatic nitrogens is 4. The summed E-state index contributed by atoms with van der Waals surface area (Å²) in [5.41, 5.74) is 2.30. The van der Waals surface area contributed by atoms with Gasteiger partial charge < -0.3 is 9.13 Å². The lowest BCUT2D eigenvalue weighted by Gasteiger charge is -2.37. The third-order valence-corrected chi connectivity index (χ3v) is 7.96. The number of fused-ring (bicyclic) bond motifs is 2. The summed E-state index contributed by atoms with van der Waals surface area (Å²) in [6.07, 6.45) is 7.66. The third-order valence-electron chi connectivity index (χ3n) is 6.18. The van der Waals surface area contributed by atoms with Crippen molar-refractivity contribution >= 4 is 10.0 Å². The second kappa shape index (κ2) is 6.28. The van der Waals surface area contributed by atoms with E-state index in [0.717, 1.165) is 37.3 Å². The Morgan fingerprint density at radius 1 is 1.00 bits per heavy atom. The molecule has 1 saturated heterocycles. The number of sulfonamides is 1. The zero-order valence-corrected chi connectivity index (χ0v) is 16.6. The topological polar surface area (TPSA) is 73.0 Å². The molecular weight excluding hydrogens is 374 g/mol. The van der Waals surface area contributed by atoms with E-state index >= 15 is 0 Å². The van der Waals surface area contributed by atoms with E-state index in [9.17, 15) is 8.42 Å². The lowest BCUT2D eigenvalue weighted by Crippen LogP contribution is -2.44. The fourth-order valence-electron chi connectivity index (χ4n) is 4.58. The number of hydrogen-bond donors (Lipinski definition) is 0. The average Bonchev–Trinajstić information content (AvgIpc) is 3.41. The van der Waals surface area contributed by atoms with Crippen LogP contribution in [0.4, 0.5) is 0 Å². The maximum absolute atomic E-state index is 12.9. The molecule has 1 aromatic carbocycles. The van der Waals surface area contributed by atoms with Crippen LogP contribution in [0.5, 0.6) is 0 Å². The molecule has 7 nitrogen and oxygen atoms in total. The number of benzene rings is 1. The summed E-state index contributed by atoms with van der Waals surface area (Å²) in [4.78, 5) is 8.82. The molecule has 0 amide bonds. The molecule has 28 heavy (non-hydrogen) atoms. The minimum atomic E-state index is -3.53. The van der Waals surface area contributed by atoms with E-state index in [0.29, 0.717) is 13.1 Å². The van der Waals surface area contributed by atoms with Gasteiger partial charge >= 0.3 is 0 Å². The van der Waals surface area contributed by atoms with Crippen molar-refractivity contribution in [3.8, 4) is 11.3 Å². The average molecular weight is 398 g/mol. The van der Waals surface area contributed by atoms with Crippen LogP contribution in [0.1, 0.15) is 25.1 Å². The van der Waals surface area contributed by atoms with E-state index in [2.05, 4.69) is 21.7 Å². The largest absolute Gasteiger partial charge is 0.339 e. The smallest absolute Gasteiger partial charge is 0.262 e. The highest BCUT2D eigenvalue weighted by atomic mass is 32.2. The maximum atomic E-state index is 12.9. The van der Waals surface area contributed by atoms with Crippen LogP contribution in [-0.4, -0.2) is 44.9 Å². The molecule has 0 radical (unpaired) electrons. The van der Waals surface area contributed by atoms with Crippen molar-refractivity contribution in [3.63, 3.8) is 0 Å². The molecule has 3 aromatic rings. The fraction of sp³-hybridized carbons (Fsp3) is 0.400. The van der Waals surface area contributed by atoms with Crippen molar-refractivity contribution in [1.82, 2.24) is 23.4 Å². The molecule has 2 aromatic heterocycles. The molecule has 0 atom stereocenters. The van der Waals surface area contributed by atoms with Crippen LogP contribution in [0.2, 0.25) is 0 Å². The second-order valence-electron chi connectivity index (χ2n) is 7.80. The summed E-state index contributed by atoms with van der Waals surface area (Å²) in [6, 6.07) is 10.3. The molecule has 0 saturated carbocycles. The van der Waals surface area contributed by atoms with Crippen LogP contribution in [0.25, 0.3) is 11.3 Å². The van der Waals surface area contributed by atoms with Crippen molar-refractivity contribution in [1.29, 1.82) is 0 Å². The van der Waals surface area contributed by atoms with Gasteiger partial charge in [0, 0.05) is 38.3 Å². The van der Waals surface area contributed by atoms with Gasteiger partial charge in [-0.25, -0.2) is 18.4 Å². The zero-order valence-electron chi connectivity index (χ0n) is 15.8. The molecule has 2 aliphatic rings. The van der Waals surface area contributed by atoms with Gasteiger partial charge in [0.15, 0.2) is 5.03 Å². The molecule has 4 heterocycles. The van der Waals surface area contributed by atoms with Gasteiger partial charge in [-0.3, -0.25) is 0 Å². The van der Waals surface area contributed by atoms with Gasteiger partial charge in [-0.1, -0.05) is 30.3 Å². The minimum absolute atomic E-state index is 0.0246. The van der Waals surface area contributed by atoms with E-state index in [1.54, 1.807) is 22.1 Å². The minimum Gasteiger partial charge on any atom is -0.339 e. The second-order valence-corrected chi connectivity index (χ2v) is 9.68. The summed E-state index contributed by atoms with van der Waals surface area (Å²) in [6.45, 7) is 1.95. The number of nitrogens with zero attached hydrogens (tertiary/aromatic N) is 5. The summed E-state index contributed by atoms with van der Waals surface area (Å²) in [5.74, 6) is 1.11. The van der Waals surface area contributed by atoms with E-state index < -0.39 is 10.0 Å². The van der Waals surface area contributed by atoms with Crippen molar-refractivity contribution in [2.45, 2.75) is 36.2 Å². The van der Waals surface area contributed by atoms with Crippen LogP contribution in [0.15, 0.2) is 54.1 Å². The first-order valence-electron chi connectivity index (χ1n) is 9.59. The number of hydrogen-bond acceptors (Lipinski definition) is 4. The highest BCUT2D eigenvalue weighted by molar-refractivity contribution is 7.89. The SMILES string of the molecule is Cn1cnc(S(=O)(=O)N2CCC3(CC2)CCn2c(-c4ccccc4)cnc23)c1. The highest BCUT2D eigenvalue weighted by Crippen LogP contribution is 2.45. The lowest BCUT2D eigenvalue weighted by molar-refractivity contribution is 0.227. The van der Waals surface area contributed by atoms with Gasteiger partial charge in [0.2, 0.25) is 0 Å². The van der Waals surface area contributed by atoms with Crippen molar-refractivity contribution in [2.75, 3.05) is 13.1 Å². The Morgan fingerprint density at radius 3 is 2.39 bits per heavy atom. The van der Waals surface area contributed by atoms with Gasteiger partial charge in [-0.05, 0) is 24.8 Å². The van der Waals surface area contributed by atoms with Crippen molar-refractivity contribution < 1.29 is 8.42 Å². The quantitative estimate of drug-likeness (QED) is 0.680. The van der Waals surface area contributed by atoms with Gasteiger partial charge in [-0.15, -0.1) is 0 Å². The van der Waals surface area contributed by atoms with E-state index in [-0.39, 0.29) is 10.4 Å². The van der Waals surface area contributed by atoms with Gasteiger partial charge in [-0.2, -0.15) is 4.31 Å². The predicted molar refractivity (Wildman–Crippen MR) is 105 cm³/mol. The molecule has 0 unspecified atom stereocenters. The zero-order chi connectivity index (χ0) is 19.4. The molecular formula is C20H23N5O2S. The monoisotopic (exact) mass is 397 g/mol. The summed E-state index contributed by atoms with van der Waals surface area (Å²) in [7, 11) is -1.75. The van der Waals surface area contributed by atoms with Crippen LogP contribution in [-0.2, 0) is 29.0 Å². The number of rotatable bonds is 3. The van der Waals surface area contributed by atoms with E-state index in [1.807, 2.05) is 24.4 Å². The summed E-state index contributed by atoms with van der Waals surface area (Å²) in [5, 5.41) is 0.130. The Morgan fingerprint density at radius 2 is 1.71 bits per heavy atom. The molecule has 2 aliphatic heterocycles. The number of aryl methyl sites for hydroxylation is 1. The molecule has 8 heteroatoms. The van der Waals surface area contributed by atoms with Crippen molar-refractivity contribution in [2.24, 2.45) is 7.05 Å². The first-order chi connectivity index (χ1) is 13.5. The van der Waals surface area contributed by atoms with Crippen molar-refractivity contribution in [3.05, 3.63) is 54.9 Å². The first kappa shape index (κ1) is 17.6. The Labute approximate surface area is 164 Å². The Hall–Kier alpha value is -2.45. The number of piperidine rings is 1. The van der Waals surface area contributed by atoms with E-state index in [4.69, 9.17) is 4.98 Å².